The fourth-order valence-corrected chi connectivity index (χ4v) is 2.32. The molecule has 1 N–H and O–H groups in total. The van der Waals surface area contributed by atoms with Crippen molar-refractivity contribution in [1.29, 1.82) is 0 Å². The average molecular weight is 312 g/mol. The summed E-state index contributed by atoms with van der Waals surface area (Å²) in [7, 11) is 0. The van der Waals surface area contributed by atoms with Crippen molar-refractivity contribution in [3.8, 4) is 0 Å². The summed E-state index contributed by atoms with van der Waals surface area (Å²) in [6.45, 7) is 1.87. The van der Waals surface area contributed by atoms with Crippen LogP contribution in [0.15, 0.2) is 30.3 Å². The lowest BCUT2D eigenvalue weighted by molar-refractivity contribution is -0.122. The van der Waals surface area contributed by atoms with E-state index in [1.54, 1.807) is 0 Å². The van der Waals surface area contributed by atoms with Gasteiger partial charge < -0.3 is 10.1 Å². The highest BCUT2D eigenvalue weighted by atomic mass is 79.9. The van der Waals surface area contributed by atoms with Crippen molar-refractivity contribution in [2.45, 2.75) is 12.3 Å². The highest BCUT2D eigenvalue weighted by Crippen LogP contribution is 2.47. The molecule has 0 bridgehead atoms. The molecule has 0 aromatic heterocycles. The van der Waals surface area contributed by atoms with E-state index in [1.165, 1.54) is 5.56 Å². The smallest absolute Gasteiger partial charge is 0.223 e. The molecular formula is C14H18BrNO2. The first-order chi connectivity index (χ1) is 8.83. The Kier molecular flexibility index (Phi) is 5.20. The standard InChI is InChI=1S/C14H18BrNO2/c15-6-8-18-9-7-16-14(17)13-10-12(13)11-4-2-1-3-5-11/h1-5,12-13H,6-10H2,(H,16,17). The first-order valence-corrected chi connectivity index (χ1v) is 7.41. The van der Waals surface area contributed by atoms with Crippen molar-refractivity contribution in [3.63, 3.8) is 0 Å². The van der Waals surface area contributed by atoms with Gasteiger partial charge in [0, 0.05) is 17.8 Å². The second-order valence-electron chi connectivity index (χ2n) is 4.45. The minimum absolute atomic E-state index is 0.156. The zero-order chi connectivity index (χ0) is 12.8. The number of benzene rings is 1. The van der Waals surface area contributed by atoms with Crippen molar-refractivity contribution in [3.05, 3.63) is 35.9 Å². The summed E-state index contributed by atoms with van der Waals surface area (Å²) < 4.78 is 5.28. The maximum absolute atomic E-state index is 11.8. The summed E-state index contributed by atoms with van der Waals surface area (Å²) in [6.07, 6.45) is 0.970. The molecule has 1 saturated carbocycles. The van der Waals surface area contributed by atoms with Crippen molar-refractivity contribution in [2.75, 3.05) is 25.1 Å². The minimum Gasteiger partial charge on any atom is -0.379 e. The molecule has 0 aliphatic heterocycles. The van der Waals surface area contributed by atoms with Gasteiger partial charge >= 0.3 is 0 Å². The number of alkyl halides is 1. The molecule has 98 valence electrons. The molecule has 0 heterocycles. The fourth-order valence-electron chi connectivity index (χ4n) is 2.09. The molecular weight excluding hydrogens is 294 g/mol. The van der Waals surface area contributed by atoms with Crippen molar-refractivity contribution >= 4 is 21.8 Å². The summed E-state index contributed by atoms with van der Waals surface area (Å²) in [5.41, 5.74) is 1.27. The molecule has 1 aliphatic carbocycles. The van der Waals surface area contributed by atoms with E-state index >= 15 is 0 Å². The van der Waals surface area contributed by atoms with E-state index in [-0.39, 0.29) is 11.8 Å². The number of carbonyl (C=O) groups excluding carboxylic acids is 1. The maximum atomic E-state index is 11.8. The van der Waals surface area contributed by atoms with E-state index < -0.39 is 0 Å². The lowest BCUT2D eigenvalue weighted by atomic mass is 10.1. The van der Waals surface area contributed by atoms with Gasteiger partial charge in [-0.05, 0) is 17.9 Å². The highest BCUT2D eigenvalue weighted by Gasteiger charge is 2.43. The molecule has 1 aliphatic rings. The lowest BCUT2D eigenvalue weighted by Crippen LogP contribution is -2.29. The Bertz CT molecular complexity index is 383. The monoisotopic (exact) mass is 311 g/mol. The molecule has 0 spiro atoms. The van der Waals surface area contributed by atoms with Crippen LogP contribution in [0.25, 0.3) is 0 Å². The molecule has 3 nitrogen and oxygen atoms in total. The van der Waals surface area contributed by atoms with E-state index in [9.17, 15) is 4.79 Å². The number of ether oxygens (including phenoxy) is 1. The van der Waals surface area contributed by atoms with Crippen LogP contribution in [-0.2, 0) is 9.53 Å². The summed E-state index contributed by atoms with van der Waals surface area (Å²) in [5, 5.41) is 3.76. The van der Waals surface area contributed by atoms with Gasteiger partial charge in [0.1, 0.15) is 0 Å². The Balaban J connectivity index is 1.67. The van der Waals surface area contributed by atoms with Gasteiger partial charge in [-0.2, -0.15) is 0 Å². The van der Waals surface area contributed by atoms with Gasteiger partial charge in [0.25, 0.3) is 0 Å². The number of hydrogen-bond acceptors (Lipinski definition) is 2. The van der Waals surface area contributed by atoms with Crippen molar-refractivity contribution < 1.29 is 9.53 Å². The first-order valence-electron chi connectivity index (χ1n) is 6.29. The third kappa shape index (κ3) is 3.82. The van der Waals surface area contributed by atoms with Crippen LogP contribution >= 0.6 is 15.9 Å². The van der Waals surface area contributed by atoms with Crippen molar-refractivity contribution in [2.24, 2.45) is 5.92 Å². The Morgan fingerprint density at radius 2 is 2.11 bits per heavy atom. The predicted molar refractivity (Wildman–Crippen MR) is 74.9 cm³/mol. The van der Waals surface area contributed by atoms with Gasteiger partial charge in [-0.15, -0.1) is 0 Å². The first kappa shape index (κ1) is 13.6. The molecule has 1 aromatic carbocycles. The molecule has 1 fully saturated rings. The molecule has 4 heteroatoms. The molecule has 2 unspecified atom stereocenters. The van der Waals surface area contributed by atoms with Gasteiger partial charge in [-0.1, -0.05) is 46.3 Å². The predicted octanol–water partition coefficient (Wildman–Crippen LogP) is 2.32. The van der Waals surface area contributed by atoms with Gasteiger partial charge in [-0.3, -0.25) is 4.79 Å². The second kappa shape index (κ2) is 6.90. The van der Waals surface area contributed by atoms with Gasteiger partial charge in [0.15, 0.2) is 0 Å². The topological polar surface area (TPSA) is 38.3 Å². The number of carbonyl (C=O) groups is 1. The van der Waals surface area contributed by atoms with Crippen molar-refractivity contribution in [1.82, 2.24) is 5.32 Å². The SMILES string of the molecule is O=C(NCCOCCBr)C1CC1c1ccccc1. The molecule has 1 aromatic rings. The number of nitrogens with one attached hydrogen (secondary N) is 1. The molecule has 1 amide bonds. The Morgan fingerprint density at radius 1 is 1.33 bits per heavy atom. The van der Waals surface area contributed by atoms with E-state index in [1.807, 2.05) is 18.2 Å². The Hall–Kier alpha value is -0.870. The van der Waals surface area contributed by atoms with Crippen LogP contribution in [-0.4, -0.2) is 31.0 Å². The van der Waals surface area contributed by atoms with E-state index in [0.29, 0.717) is 25.7 Å². The Labute approximate surface area is 116 Å². The van der Waals surface area contributed by atoms with Crippen LogP contribution in [0, 0.1) is 5.92 Å². The van der Waals surface area contributed by atoms with Gasteiger partial charge in [-0.25, -0.2) is 0 Å². The third-order valence-corrected chi connectivity index (χ3v) is 3.45. The van der Waals surface area contributed by atoms with Crippen LogP contribution in [0.4, 0.5) is 0 Å². The molecule has 0 radical (unpaired) electrons. The van der Waals surface area contributed by atoms with Gasteiger partial charge in [0.05, 0.1) is 13.2 Å². The number of rotatable bonds is 7. The molecule has 18 heavy (non-hydrogen) atoms. The molecule has 0 saturated heterocycles. The summed E-state index contributed by atoms with van der Waals surface area (Å²) >= 11 is 3.29. The highest BCUT2D eigenvalue weighted by molar-refractivity contribution is 9.09. The number of hydrogen-bond donors (Lipinski definition) is 1. The van der Waals surface area contributed by atoms with Crippen LogP contribution < -0.4 is 5.32 Å². The zero-order valence-electron chi connectivity index (χ0n) is 10.3. The molecule has 2 atom stereocenters. The quantitative estimate of drug-likeness (QED) is 0.620. The van der Waals surface area contributed by atoms with Crippen LogP contribution in [0.5, 0.6) is 0 Å². The van der Waals surface area contributed by atoms with Crippen LogP contribution in [0.1, 0.15) is 17.9 Å². The fraction of sp³-hybridized carbons (Fsp3) is 0.500. The average Bonchev–Trinajstić information content (AvgIpc) is 3.20. The second-order valence-corrected chi connectivity index (χ2v) is 5.24. The van der Waals surface area contributed by atoms with Crippen LogP contribution in [0.3, 0.4) is 0 Å². The summed E-state index contributed by atoms with van der Waals surface area (Å²) in [6, 6.07) is 10.2. The zero-order valence-corrected chi connectivity index (χ0v) is 11.9. The minimum atomic E-state index is 0.156. The summed E-state index contributed by atoms with van der Waals surface area (Å²) in [4.78, 5) is 11.8. The number of halogens is 1. The normalized spacial score (nSPS) is 21.6. The Morgan fingerprint density at radius 3 is 2.83 bits per heavy atom. The maximum Gasteiger partial charge on any atom is 0.223 e. The molecule has 2 rings (SSSR count). The van der Waals surface area contributed by atoms with Gasteiger partial charge in [0.2, 0.25) is 5.91 Å². The van der Waals surface area contributed by atoms with E-state index in [0.717, 1.165) is 11.8 Å². The third-order valence-electron chi connectivity index (χ3n) is 3.12. The number of amides is 1. The van der Waals surface area contributed by atoms with Crippen LogP contribution in [0.2, 0.25) is 0 Å². The van der Waals surface area contributed by atoms with E-state index in [4.69, 9.17) is 4.74 Å². The lowest BCUT2D eigenvalue weighted by Gasteiger charge is -2.05. The summed E-state index contributed by atoms with van der Waals surface area (Å²) in [5.74, 6) is 0.726. The van der Waals surface area contributed by atoms with E-state index in [2.05, 4.69) is 33.4 Å². The largest absolute Gasteiger partial charge is 0.379 e.